The summed E-state index contributed by atoms with van der Waals surface area (Å²) in [5.41, 5.74) is 2.11. The summed E-state index contributed by atoms with van der Waals surface area (Å²) in [7, 11) is 1.88. The number of para-hydroxylation sites is 1. The molecule has 0 radical (unpaired) electrons. The molecule has 0 aliphatic rings. The molecule has 2 N–H and O–H groups in total. The molecule has 0 aliphatic carbocycles. The summed E-state index contributed by atoms with van der Waals surface area (Å²) < 4.78 is 1.02. The van der Waals surface area contributed by atoms with Crippen molar-refractivity contribution in [3.8, 4) is 0 Å². The van der Waals surface area contributed by atoms with Crippen LogP contribution in [0.5, 0.6) is 0 Å². The van der Waals surface area contributed by atoms with Gasteiger partial charge in [-0.2, -0.15) is 0 Å². The van der Waals surface area contributed by atoms with Gasteiger partial charge in [0, 0.05) is 17.1 Å². The first-order valence-electron chi connectivity index (χ1n) is 6.29. The van der Waals surface area contributed by atoms with Crippen LogP contribution in [0, 0.1) is 0 Å². The number of halogens is 1. The Morgan fingerprint density at radius 1 is 1.16 bits per heavy atom. The summed E-state index contributed by atoms with van der Waals surface area (Å²) in [4.78, 5) is 8.63. The highest BCUT2D eigenvalue weighted by atomic mass is 79.9. The lowest BCUT2D eigenvalue weighted by Crippen LogP contribution is -2.05. The SMILES string of the molecule is CCCc1c(NC)ncnc1Nc1ccccc1Br. The normalized spacial score (nSPS) is 10.3. The molecule has 100 valence electrons. The lowest BCUT2D eigenvalue weighted by molar-refractivity contribution is 0.905. The Morgan fingerprint density at radius 2 is 1.89 bits per heavy atom. The zero-order valence-corrected chi connectivity index (χ0v) is 12.7. The van der Waals surface area contributed by atoms with E-state index < -0.39 is 0 Å². The van der Waals surface area contributed by atoms with Crippen LogP contribution >= 0.6 is 15.9 Å². The van der Waals surface area contributed by atoms with Gasteiger partial charge in [-0.25, -0.2) is 9.97 Å². The Balaban J connectivity index is 2.37. The van der Waals surface area contributed by atoms with E-state index in [1.54, 1.807) is 6.33 Å². The number of nitrogens with one attached hydrogen (secondary N) is 2. The van der Waals surface area contributed by atoms with Crippen molar-refractivity contribution in [3.63, 3.8) is 0 Å². The number of hydrogen-bond donors (Lipinski definition) is 2. The van der Waals surface area contributed by atoms with Gasteiger partial charge in [-0.05, 0) is 34.5 Å². The molecule has 0 saturated carbocycles. The third-order valence-corrected chi connectivity index (χ3v) is 3.50. The molecule has 0 saturated heterocycles. The highest BCUT2D eigenvalue weighted by molar-refractivity contribution is 9.10. The standard InChI is InChI=1S/C14H17BrN4/c1-3-6-10-13(16-2)17-9-18-14(10)19-12-8-5-4-7-11(12)15/h4-5,7-9H,3,6H2,1-2H3,(H2,16,17,18,19). The highest BCUT2D eigenvalue weighted by Gasteiger charge is 2.10. The molecule has 0 spiro atoms. The van der Waals surface area contributed by atoms with E-state index in [4.69, 9.17) is 0 Å². The predicted octanol–water partition coefficient (Wildman–Crippen LogP) is 3.98. The molecule has 0 aliphatic heterocycles. The number of benzene rings is 1. The van der Waals surface area contributed by atoms with Crippen LogP contribution in [0.25, 0.3) is 0 Å². The molecule has 0 atom stereocenters. The van der Waals surface area contributed by atoms with Crippen molar-refractivity contribution in [1.82, 2.24) is 9.97 Å². The number of anilines is 3. The Hall–Kier alpha value is -1.62. The molecule has 0 bridgehead atoms. The molecule has 2 rings (SSSR count). The van der Waals surface area contributed by atoms with E-state index in [2.05, 4.69) is 43.5 Å². The van der Waals surface area contributed by atoms with Crippen LogP contribution in [-0.4, -0.2) is 17.0 Å². The van der Waals surface area contributed by atoms with Gasteiger partial charge < -0.3 is 10.6 Å². The van der Waals surface area contributed by atoms with E-state index in [1.165, 1.54) is 0 Å². The fourth-order valence-corrected chi connectivity index (χ4v) is 2.30. The molecule has 4 nitrogen and oxygen atoms in total. The molecule has 0 unspecified atom stereocenters. The van der Waals surface area contributed by atoms with Crippen LogP contribution in [-0.2, 0) is 6.42 Å². The van der Waals surface area contributed by atoms with E-state index >= 15 is 0 Å². The zero-order chi connectivity index (χ0) is 13.7. The highest BCUT2D eigenvalue weighted by Crippen LogP contribution is 2.28. The summed E-state index contributed by atoms with van der Waals surface area (Å²) in [5, 5.41) is 6.48. The van der Waals surface area contributed by atoms with Gasteiger partial charge in [0.25, 0.3) is 0 Å². The largest absolute Gasteiger partial charge is 0.373 e. The third kappa shape index (κ3) is 3.23. The number of nitrogens with zero attached hydrogens (tertiary/aromatic N) is 2. The second kappa shape index (κ2) is 6.52. The van der Waals surface area contributed by atoms with E-state index in [0.29, 0.717) is 0 Å². The Labute approximate surface area is 121 Å². The van der Waals surface area contributed by atoms with Crippen LogP contribution in [0.1, 0.15) is 18.9 Å². The average Bonchev–Trinajstić information content (AvgIpc) is 2.43. The van der Waals surface area contributed by atoms with Crippen LogP contribution in [0.15, 0.2) is 35.1 Å². The summed E-state index contributed by atoms with van der Waals surface area (Å²) in [6.45, 7) is 2.15. The Morgan fingerprint density at radius 3 is 2.58 bits per heavy atom. The molecule has 1 heterocycles. The Bertz CT molecular complexity index is 557. The smallest absolute Gasteiger partial charge is 0.139 e. The first kappa shape index (κ1) is 13.8. The van der Waals surface area contributed by atoms with Gasteiger partial charge in [0.1, 0.15) is 18.0 Å². The van der Waals surface area contributed by atoms with E-state index in [-0.39, 0.29) is 0 Å². The minimum Gasteiger partial charge on any atom is -0.373 e. The molecule has 2 aromatic rings. The number of hydrogen-bond acceptors (Lipinski definition) is 4. The molecule has 0 fully saturated rings. The monoisotopic (exact) mass is 320 g/mol. The third-order valence-electron chi connectivity index (χ3n) is 2.81. The van der Waals surface area contributed by atoms with E-state index in [9.17, 15) is 0 Å². The summed E-state index contributed by atoms with van der Waals surface area (Å²) in [5.74, 6) is 1.74. The minimum absolute atomic E-state index is 0.855. The quantitative estimate of drug-likeness (QED) is 0.875. The van der Waals surface area contributed by atoms with E-state index in [0.717, 1.165) is 40.2 Å². The second-order valence-electron chi connectivity index (χ2n) is 4.15. The maximum absolute atomic E-state index is 4.36. The minimum atomic E-state index is 0.855. The van der Waals surface area contributed by atoms with Crippen molar-refractivity contribution in [1.29, 1.82) is 0 Å². The van der Waals surface area contributed by atoms with E-state index in [1.807, 2.05) is 31.3 Å². The number of aromatic nitrogens is 2. The van der Waals surface area contributed by atoms with Gasteiger partial charge >= 0.3 is 0 Å². The average molecular weight is 321 g/mol. The van der Waals surface area contributed by atoms with Crippen molar-refractivity contribution in [2.45, 2.75) is 19.8 Å². The molecule has 0 amide bonds. The van der Waals surface area contributed by atoms with Crippen molar-refractivity contribution in [2.24, 2.45) is 0 Å². The molecular weight excluding hydrogens is 304 g/mol. The molecule has 1 aromatic heterocycles. The predicted molar refractivity (Wildman–Crippen MR) is 83.0 cm³/mol. The van der Waals surface area contributed by atoms with Gasteiger partial charge in [-0.3, -0.25) is 0 Å². The molecular formula is C14H17BrN4. The number of rotatable bonds is 5. The fraction of sp³-hybridized carbons (Fsp3) is 0.286. The molecule has 5 heteroatoms. The first-order valence-corrected chi connectivity index (χ1v) is 7.08. The second-order valence-corrected chi connectivity index (χ2v) is 5.01. The van der Waals surface area contributed by atoms with Crippen LogP contribution in [0.3, 0.4) is 0 Å². The summed E-state index contributed by atoms with van der Waals surface area (Å²) >= 11 is 3.53. The molecule has 1 aromatic carbocycles. The van der Waals surface area contributed by atoms with Crippen LogP contribution < -0.4 is 10.6 Å². The van der Waals surface area contributed by atoms with Crippen molar-refractivity contribution >= 4 is 33.3 Å². The zero-order valence-electron chi connectivity index (χ0n) is 11.1. The van der Waals surface area contributed by atoms with Crippen molar-refractivity contribution in [2.75, 3.05) is 17.7 Å². The van der Waals surface area contributed by atoms with Gasteiger partial charge in [0.2, 0.25) is 0 Å². The maximum atomic E-state index is 4.36. The summed E-state index contributed by atoms with van der Waals surface area (Å²) in [6, 6.07) is 8.00. The van der Waals surface area contributed by atoms with Crippen molar-refractivity contribution in [3.05, 3.63) is 40.6 Å². The van der Waals surface area contributed by atoms with Gasteiger partial charge in [0.15, 0.2) is 0 Å². The topological polar surface area (TPSA) is 49.8 Å². The maximum Gasteiger partial charge on any atom is 0.139 e. The van der Waals surface area contributed by atoms with Gasteiger partial charge in [-0.1, -0.05) is 25.5 Å². The summed E-state index contributed by atoms with van der Waals surface area (Å²) in [6.07, 6.45) is 3.56. The van der Waals surface area contributed by atoms with Crippen molar-refractivity contribution < 1.29 is 0 Å². The lowest BCUT2D eigenvalue weighted by Gasteiger charge is -2.14. The van der Waals surface area contributed by atoms with Gasteiger partial charge in [0.05, 0.1) is 5.69 Å². The van der Waals surface area contributed by atoms with Crippen LogP contribution in [0.2, 0.25) is 0 Å². The first-order chi connectivity index (χ1) is 9.26. The Kier molecular flexibility index (Phi) is 4.74. The lowest BCUT2D eigenvalue weighted by atomic mass is 10.1. The van der Waals surface area contributed by atoms with Gasteiger partial charge in [-0.15, -0.1) is 0 Å². The molecule has 19 heavy (non-hydrogen) atoms. The fourth-order valence-electron chi connectivity index (χ4n) is 1.91. The van der Waals surface area contributed by atoms with Crippen LogP contribution in [0.4, 0.5) is 17.3 Å².